The van der Waals surface area contributed by atoms with Crippen molar-refractivity contribution < 1.29 is 24.0 Å². The van der Waals surface area contributed by atoms with E-state index in [1.807, 2.05) is 18.9 Å². The van der Waals surface area contributed by atoms with Crippen LogP contribution in [0.4, 0.5) is 0 Å². The number of hydroxylamine groups is 1. The molecule has 8 heteroatoms. The first kappa shape index (κ1) is 22.6. The number of aryl methyl sites for hydroxylation is 1. The van der Waals surface area contributed by atoms with Crippen molar-refractivity contribution in [3.63, 3.8) is 0 Å². The van der Waals surface area contributed by atoms with Crippen LogP contribution in [0.15, 0.2) is 24.3 Å². The fraction of sp³-hybridized carbons (Fsp3) is 0.353. The third-order valence-electron chi connectivity index (χ3n) is 2.61. The van der Waals surface area contributed by atoms with Gasteiger partial charge in [0.25, 0.3) is 5.91 Å². The zero-order valence-corrected chi connectivity index (χ0v) is 15.5. The summed E-state index contributed by atoms with van der Waals surface area (Å²) in [6, 6.07) is 8.00. The molecule has 0 spiro atoms. The van der Waals surface area contributed by atoms with Gasteiger partial charge in [0.15, 0.2) is 6.61 Å². The van der Waals surface area contributed by atoms with Crippen LogP contribution in [-0.4, -0.2) is 31.8 Å². The summed E-state index contributed by atoms with van der Waals surface area (Å²) in [4.78, 5) is 34.8. The maximum Gasteiger partial charge on any atom is 0.281 e. The molecule has 0 saturated carbocycles. The summed E-state index contributed by atoms with van der Waals surface area (Å²) in [5, 5.41) is 1.06. The summed E-state index contributed by atoms with van der Waals surface area (Å²) in [5.41, 5.74) is 6.78. The van der Waals surface area contributed by atoms with Gasteiger partial charge >= 0.3 is 0 Å². The molecule has 2 aromatic rings. The molecule has 0 aliphatic rings. The number of thiophene rings is 1. The van der Waals surface area contributed by atoms with Crippen molar-refractivity contribution in [2.75, 3.05) is 13.2 Å². The normalized spacial score (nSPS) is 9.24. The first-order chi connectivity index (χ1) is 12.0. The molecule has 0 radical (unpaired) electrons. The van der Waals surface area contributed by atoms with E-state index < -0.39 is 0 Å². The highest BCUT2D eigenvalue weighted by Gasteiger charge is 2.08. The van der Waals surface area contributed by atoms with E-state index in [9.17, 15) is 9.59 Å². The third-order valence-corrected chi connectivity index (χ3v) is 3.85. The van der Waals surface area contributed by atoms with Crippen LogP contribution in [0.25, 0.3) is 10.1 Å². The minimum absolute atomic E-state index is 0.0452. The number of benzene rings is 1. The highest BCUT2D eigenvalue weighted by atomic mass is 32.1. The van der Waals surface area contributed by atoms with E-state index in [1.165, 1.54) is 16.5 Å². The fourth-order valence-corrected chi connectivity index (χ4v) is 2.73. The van der Waals surface area contributed by atoms with Gasteiger partial charge < -0.3 is 15.3 Å². The first-order valence-electron chi connectivity index (χ1n) is 7.57. The second-order valence-electron chi connectivity index (χ2n) is 4.59. The van der Waals surface area contributed by atoms with Crippen LogP contribution in [0.5, 0.6) is 5.75 Å². The van der Waals surface area contributed by atoms with Gasteiger partial charge in [-0.05, 0) is 31.5 Å². The molecule has 1 heterocycles. The Balaban J connectivity index is 0.000000845. The summed E-state index contributed by atoms with van der Waals surface area (Å²) in [6.45, 7) is 7.63. The number of hydrogen-bond acceptors (Lipinski definition) is 6. The number of amides is 2. The van der Waals surface area contributed by atoms with Crippen molar-refractivity contribution >= 4 is 40.0 Å². The summed E-state index contributed by atoms with van der Waals surface area (Å²) in [6.07, 6.45) is 1.00. The fourth-order valence-electron chi connectivity index (χ4n) is 1.71. The van der Waals surface area contributed by atoms with Crippen molar-refractivity contribution in [2.45, 2.75) is 27.2 Å². The zero-order valence-electron chi connectivity index (χ0n) is 14.7. The summed E-state index contributed by atoms with van der Waals surface area (Å²) in [5.74, 6) is 0.116. The zero-order chi connectivity index (χ0) is 19.2. The van der Waals surface area contributed by atoms with Crippen molar-refractivity contribution in [2.24, 2.45) is 5.73 Å². The van der Waals surface area contributed by atoms with Crippen molar-refractivity contribution in [1.29, 1.82) is 0 Å². The van der Waals surface area contributed by atoms with Crippen molar-refractivity contribution in [1.82, 2.24) is 5.48 Å². The molecule has 25 heavy (non-hydrogen) atoms. The van der Waals surface area contributed by atoms with Gasteiger partial charge in [-0.3, -0.25) is 14.4 Å². The molecule has 0 aliphatic heterocycles. The Morgan fingerprint density at radius 1 is 1.28 bits per heavy atom. The highest BCUT2D eigenvalue weighted by molar-refractivity contribution is 7.19. The molecule has 0 aliphatic carbocycles. The maximum absolute atomic E-state index is 11.4. The lowest BCUT2D eigenvalue weighted by atomic mass is 10.2. The Bertz CT molecular complexity index is 668. The third kappa shape index (κ3) is 8.83. The van der Waals surface area contributed by atoms with Crippen LogP contribution in [0.1, 0.15) is 25.6 Å². The van der Waals surface area contributed by atoms with E-state index >= 15 is 0 Å². The predicted octanol–water partition coefficient (Wildman–Crippen LogP) is 2.22. The SMILES string of the molecule is C=O.CC(N)=O.CCONC(=O)COc1cccc2sc(CC)cc12. The van der Waals surface area contributed by atoms with Gasteiger partial charge in [0.05, 0.1) is 6.61 Å². The summed E-state index contributed by atoms with van der Waals surface area (Å²) < 4.78 is 6.73. The number of hydrogen-bond donors (Lipinski definition) is 2. The average molecular weight is 368 g/mol. The summed E-state index contributed by atoms with van der Waals surface area (Å²) >= 11 is 1.75. The lowest BCUT2D eigenvalue weighted by Crippen LogP contribution is -2.28. The monoisotopic (exact) mass is 368 g/mol. The Hall–Kier alpha value is -2.45. The largest absolute Gasteiger partial charge is 0.483 e. The van der Waals surface area contributed by atoms with Crippen LogP contribution < -0.4 is 16.0 Å². The van der Waals surface area contributed by atoms with E-state index in [4.69, 9.17) is 14.4 Å². The minimum atomic E-state index is -0.333. The summed E-state index contributed by atoms with van der Waals surface area (Å²) in [7, 11) is 0. The van der Waals surface area contributed by atoms with Gasteiger partial charge in [-0.15, -0.1) is 11.3 Å². The molecule has 3 N–H and O–H groups in total. The molecular weight excluding hydrogens is 344 g/mol. The molecule has 0 bridgehead atoms. The molecule has 2 rings (SSSR count). The number of primary amides is 1. The Kier molecular flexibility index (Phi) is 11.6. The number of ether oxygens (including phenoxy) is 1. The van der Waals surface area contributed by atoms with Gasteiger partial charge in [0, 0.05) is 21.9 Å². The molecule has 7 nitrogen and oxygen atoms in total. The van der Waals surface area contributed by atoms with E-state index in [2.05, 4.69) is 30.3 Å². The molecule has 0 saturated heterocycles. The van der Waals surface area contributed by atoms with Crippen molar-refractivity contribution in [3.8, 4) is 5.75 Å². The van der Waals surface area contributed by atoms with Crippen LogP contribution >= 0.6 is 11.3 Å². The number of carbonyl (C=O) groups excluding carboxylic acids is 3. The van der Waals surface area contributed by atoms with Gasteiger partial charge in [-0.2, -0.15) is 0 Å². The van der Waals surface area contributed by atoms with Crippen LogP contribution in [0.3, 0.4) is 0 Å². The van der Waals surface area contributed by atoms with Crippen LogP contribution in [0.2, 0.25) is 0 Å². The maximum atomic E-state index is 11.4. The first-order valence-corrected chi connectivity index (χ1v) is 8.39. The number of nitrogens with two attached hydrogens (primary N) is 1. The lowest BCUT2D eigenvalue weighted by molar-refractivity contribution is -0.135. The van der Waals surface area contributed by atoms with Crippen LogP contribution in [-0.2, 0) is 25.6 Å². The second-order valence-corrected chi connectivity index (χ2v) is 5.76. The number of carbonyl (C=O) groups is 3. The molecule has 0 atom stereocenters. The molecular formula is C17H24N2O5S. The van der Waals surface area contributed by atoms with Gasteiger partial charge in [-0.25, -0.2) is 5.48 Å². The van der Waals surface area contributed by atoms with Gasteiger partial charge in [-0.1, -0.05) is 13.0 Å². The molecule has 0 unspecified atom stereocenters. The molecule has 138 valence electrons. The van der Waals surface area contributed by atoms with E-state index in [0.717, 1.165) is 17.6 Å². The number of rotatable bonds is 6. The molecule has 1 aromatic carbocycles. The van der Waals surface area contributed by atoms with Gasteiger partial charge in [0.2, 0.25) is 5.91 Å². The lowest BCUT2D eigenvalue weighted by Gasteiger charge is -2.07. The van der Waals surface area contributed by atoms with E-state index in [0.29, 0.717) is 6.61 Å². The minimum Gasteiger partial charge on any atom is -0.483 e. The Labute approximate surface area is 151 Å². The Morgan fingerprint density at radius 3 is 2.48 bits per heavy atom. The van der Waals surface area contributed by atoms with Crippen LogP contribution in [0, 0.1) is 0 Å². The second kappa shape index (κ2) is 12.9. The molecule has 0 fully saturated rings. The quantitative estimate of drug-likeness (QED) is 0.760. The molecule has 1 aromatic heterocycles. The average Bonchev–Trinajstić information content (AvgIpc) is 3.03. The molecule has 2 amide bonds. The topological polar surface area (TPSA) is 108 Å². The number of nitrogens with one attached hydrogen (secondary N) is 1. The Morgan fingerprint density at radius 2 is 1.92 bits per heavy atom. The van der Waals surface area contributed by atoms with Crippen molar-refractivity contribution in [3.05, 3.63) is 29.1 Å². The highest BCUT2D eigenvalue weighted by Crippen LogP contribution is 2.32. The number of fused-ring (bicyclic) bond motifs is 1. The van der Waals surface area contributed by atoms with E-state index in [1.54, 1.807) is 18.3 Å². The smallest absolute Gasteiger partial charge is 0.281 e. The van der Waals surface area contributed by atoms with Gasteiger partial charge in [0.1, 0.15) is 12.5 Å². The standard InChI is InChI=1S/C14H17NO3S.C2H5NO.CH2O/c1-3-10-8-11-12(6-5-7-13(11)19-10)17-9-14(16)15-18-4-2;1-2(3)4;1-2/h5-8H,3-4,9H2,1-2H3,(H,15,16);1H3,(H2,3,4);1H2. The van der Waals surface area contributed by atoms with E-state index in [-0.39, 0.29) is 18.4 Å². The predicted molar refractivity (Wildman–Crippen MR) is 98.5 cm³/mol.